The molecule has 96 valence electrons. The summed E-state index contributed by atoms with van der Waals surface area (Å²) >= 11 is 7.61. The molecule has 0 amide bonds. The highest BCUT2D eigenvalue weighted by Gasteiger charge is 2.07. The first-order chi connectivity index (χ1) is 9.13. The molecule has 0 saturated carbocycles. The fraction of sp³-hybridized carbons (Fsp3) is 0.133. The summed E-state index contributed by atoms with van der Waals surface area (Å²) in [5.74, 6) is 0. The van der Waals surface area contributed by atoms with Gasteiger partial charge in [0.2, 0.25) is 0 Å². The fourth-order valence-corrected chi connectivity index (χ4v) is 2.96. The third-order valence-electron chi connectivity index (χ3n) is 2.77. The van der Waals surface area contributed by atoms with Crippen LogP contribution in [0.4, 0.5) is 0 Å². The second-order valence-corrected chi connectivity index (χ2v) is 5.67. The average Bonchev–Trinajstić information content (AvgIpc) is 2.42. The SMILES string of the molecule is Cc1cc(C#N)ccc1Sc1ccc(Cl)cc1CN. The van der Waals surface area contributed by atoms with E-state index < -0.39 is 0 Å². The molecule has 2 N–H and O–H groups in total. The highest BCUT2D eigenvalue weighted by Crippen LogP contribution is 2.34. The molecular formula is C15H13ClN2S. The number of hydrogen-bond donors (Lipinski definition) is 1. The van der Waals surface area contributed by atoms with Crippen LogP contribution in [0.2, 0.25) is 5.02 Å². The summed E-state index contributed by atoms with van der Waals surface area (Å²) in [6, 6.07) is 13.6. The predicted molar refractivity (Wildman–Crippen MR) is 79.4 cm³/mol. The lowest BCUT2D eigenvalue weighted by Gasteiger charge is -2.10. The molecule has 0 heterocycles. The van der Waals surface area contributed by atoms with Crippen molar-refractivity contribution in [3.8, 4) is 6.07 Å². The number of rotatable bonds is 3. The van der Waals surface area contributed by atoms with E-state index in [1.807, 2.05) is 43.3 Å². The number of halogens is 1. The van der Waals surface area contributed by atoms with Crippen molar-refractivity contribution in [1.82, 2.24) is 0 Å². The highest BCUT2D eigenvalue weighted by molar-refractivity contribution is 7.99. The van der Waals surface area contributed by atoms with Gasteiger partial charge in [-0.1, -0.05) is 23.4 Å². The van der Waals surface area contributed by atoms with Gasteiger partial charge < -0.3 is 5.73 Å². The fourth-order valence-electron chi connectivity index (χ4n) is 1.76. The van der Waals surface area contributed by atoms with E-state index >= 15 is 0 Å². The lowest BCUT2D eigenvalue weighted by molar-refractivity contribution is 1.03. The molecule has 4 heteroatoms. The summed E-state index contributed by atoms with van der Waals surface area (Å²) in [6.07, 6.45) is 0. The molecule has 2 aromatic carbocycles. The summed E-state index contributed by atoms with van der Waals surface area (Å²) < 4.78 is 0. The van der Waals surface area contributed by atoms with Crippen molar-refractivity contribution >= 4 is 23.4 Å². The molecule has 2 rings (SSSR count). The second kappa shape index (κ2) is 6.12. The van der Waals surface area contributed by atoms with E-state index in [-0.39, 0.29) is 0 Å². The smallest absolute Gasteiger partial charge is 0.0991 e. The number of nitrogens with two attached hydrogens (primary N) is 1. The van der Waals surface area contributed by atoms with Gasteiger partial charge in [-0.3, -0.25) is 0 Å². The van der Waals surface area contributed by atoms with Crippen molar-refractivity contribution in [1.29, 1.82) is 5.26 Å². The molecule has 0 bridgehead atoms. The Balaban J connectivity index is 2.34. The van der Waals surface area contributed by atoms with Gasteiger partial charge in [-0.05, 0) is 54.4 Å². The Hall–Kier alpha value is -1.47. The van der Waals surface area contributed by atoms with Crippen LogP contribution in [0.5, 0.6) is 0 Å². The molecule has 2 aromatic rings. The topological polar surface area (TPSA) is 49.8 Å². The third kappa shape index (κ3) is 3.30. The maximum atomic E-state index is 8.87. The van der Waals surface area contributed by atoms with Crippen molar-refractivity contribution in [2.45, 2.75) is 23.3 Å². The monoisotopic (exact) mass is 288 g/mol. The molecule has 0 aliphatic heterocycles. The Morgan fingerprint density at radius 1 is 1.21 bits per heavy atom. The Morgan fingerprint density at radius 2 is 1.95 bits per heavy atom. The minimum Gasteiger partial charge on any atom is -0.326 e. The van der Waals surface area contributed by atoms with Crippen molar-refractivity contribution in [3.63, 3.8) is 0 Å². The molecule has 0 spiro atoms. The Kier molecular flexibility index (Phi) is 4.49. The summed E-state index contributed by atoms with van der Waals surface area (Å²) in [5.41, 5.74) is 8.53. The Morgan fingerprint density at radius 3 is 2.58 bits per heavy atom. The summed E-state index contributed by atoms with van der Waals surface area (Å²) in [5, 5.41) is 9.56. The largest absolute Gasteiger partial charge is 0.326 e. The van der Waals surface area contributed by atoms with Gasteiger partial charge in [-0.15, -0.1) is 0 Å². The van der Waals surface area contributed by atoms with Gasteiger partial charge in [0.15, 0.2) is 0 Å². The van der Waals surface area contributed by atoms with Crippen molar-refractivity contribution in [3.05, 3.63) is 58.1 Å². The maximum absolute atomic E-state index is 8.87. The molecule has 0 saturated heterocycles. The first-order valence-electron chi connectivity index (χ1n) is 5.81. The van der Waals surface area contributed by atoms with Crippen LogP contribution in [-0.4, -0.2) is 0 Å². The van der Waals surface area contributed by atoms with Gasteiger partial charge in [-0.25, -0.2) is 0 Å². The van der Waals surface area contributed by atoms with Gasteiger partial charge in [0.25, 0.3) is 0 Å². The van der Waals surface area contributed by atoms with Gasteiger partial charge in [0.1, 0.15) is 0 Å². The Bertz CT molecular complexity index is 647. The third-order valence-corrected chi connectivity index (χ3v) is 4.30. The zero-order valence-electron chi connectivity index (χ0n) is 10.5. The summed E-state index contributed by atoms with van der Waals surface area (Å²) in [7, 11) is 0. The number of nitriles is 1. The van der Waals surface area contributed by atoms with Crippen LogP contribution < -0.4 is 5.73 Å². The molecule has 0 radical (unpaired) electrons. The van der Waals surface area contributed by atoms with E-state index in [0.29, 0.717) is 17.1 Å². The van der Waals surface area contributed by atoms with E-state index in [1.54, 1.807) is 11.8 Å². The van der Waals surface area contributed by atoms with Crippen LogP contribution in [0.1, 0.15) is 16.7 Å². The van der Waals surface area contributed by atoms with Crippen LogP contribution in [0.15, 0.2) is 46.2 Å². The van der Waals surface area contributed by atoms with Gasteiger partial charge in [0.05, 0.1) is 11.6 Å². The average molecular weight is 289 g/mol. The molecular weight excluding hydrogens is 276 g/mol. The number of benzene rings is 2. The van der Waals surface area contributed by atoms with E-state index in [4.69, 9.17) is 22.6 Å². The quantitative estimate of drug-likeness (QED) is 0.924. The lowest BCUT2D eigenvalue weighted by atomic mass is 10.2. The van der Waals surface area contributed by atoms with Crippen LogP contribution in [-0.2, 0) is 6.54 Å². The minimum atomic E-state index is 0.457. The van der Waals surface area contributed by atoms with Crippen LogP contribution in [0, 0.1) is 18.3 Å². The highest BCUT2D eigenvalue weighted by atomic mass is 35.5. The molecule has 0 aromatic heterocycles. The van der Waals surface area contributed by atoms with Crippen LogP contribution >= 0.6 is 23.4 Å². The van der Waals surface area contributed by atoms with Crippen LogP contribution in [0.25, 0.3) is 0 Å². The lowest BCUT2D eigenvalue weighted by Crippen LogP contribution is -1.98. The van der Waals surface area contributed by atoms with Gasteiger partial charge in [0, 0.05) is 21.4 Å². The molecule has 2 nitrogen and oxygen atoms in total. The van der Waals surface area contributed by atoms with Crippen molar-refractivity contribution < 1.29 is 0 Å². The Labute approximate surface area is 122 Å². The standard InChI is InChI=1S/C15H13ClN2S/c1-10-6-11(8-17)2-4-14(10)19-15-5-3-13(16)7-12(15)9-18/h2-7H,9,18H2,1H3. The van der Waals surface area contributed by atoms with E-state index in [1.165, 1.54) is 0 Å². The van der Waals surface area contributed by atoms with Crippen molar-refractivity contribution in [2.24, 2.45) is 5.73 Å². The zero-order valence-corrected chi connectivity index (χ0v) is 12.1. The van der Waals surface area contributed by atoms with Gasteiger partial charge in [-0.2, -0.15) is 5.26 Å². The minimum absolute atomic E-state index is 0.457. The van der Waals surface area contributed by atoms with Crippen molar-refractivity contribution in [2.75, 3.05) is 0 Å². The number of aryl methyl sites for hydroxylation is 1. The van der Waals surface area contributed by atoms with E-state index in [2.05, 4.69) is 6.07 Å². The van der Waals surface area contributed by atoms with Gasteiger partial charge >= 0.3 is 0 Å². The maximum Gasteiger partial charge on any atom is 0.0991 e. The molecule has 0 atom stereocenters. The molecule has 0 aliphatic carbocycles. The molecule has 0 unspecified atom stereocenters. The summed E-state index contributed by atoms with van der Waals surface area (Å²) in [4.78, 5) is 2.22. The number of nitrogens with zero attached hydrogens (tertiary/aromatic N) is 1. The first-order valence-corrected chi connectivity index (χ1v) is 7.00. The summed E-state index contributed by atoms with van der Waals surface area (Å²) in [6.45, 7) is 2.46. The van der Waals surface area contributed by atoms with E-state index in [9.17, 15) is 0 Å². The van der Waals surface area contributed by atoms with E-state index in [0.717, 1.165) is 20.9 Å². The predicted octanol–water partition coefficient (Wildman–Crippen LogP) is 4.13. The number of hydrogen-bond acceptors (Lipinski definition) is 3. The molecule has 19 heavy (non-hydrogen) atoms. The molecule has 0 fully saturated rings. The second-order valence-electron chi connectivity index (χ2n) is 4.15. The van der Waals surface area contributed by atoms with Crippen LogP contribution in [0.3, 0.4) is 0 Å². The zero-order chi connectivity index (χ0) is 13.8. The first kappa shape index (κ1) is 14.0. The molecule has 0 aliphatic rings. The normalized spacial score (nSPS) is 10.2.